The standard InChI is InChI=1S/C33H43N3O4/c1-9-33(7,8)36(30(38)27(22(2)3)35-31(39)40-32(4,5)6)28(24-16-11-10-12-17-24)29(37)34-26-20-19-23-15-13-14-18-25(23)21-26/h10-22,27-28H,9H2,1-8H3,(H,34,37)(H,35,39). The fourth-order valence-electron chi connectivity index (χ4n) is 4.57. The predicted octanol–water partition coefficient (Wildman–Crippen LogP) is 7.09. The summed E-state index contributed by atoms with van der Waals surface area (Å²) in [6.07, 6.45) is -0.0894. The van der Waals surface area contributed by atoms with E-state index in [9.17, 15) is 14.4 Å². The number of nitrogens with one attached hydrogen (secondary N) is 2. The van der Waals surface area contributed by atoms with Crippen LogP contribution in [0, 0.1) is 5.92 Å². The normalized spacial score (nSPS) is 13.4. The largest absolute Gasteiger partial charge is 0.444 e. The molecule has 0 aliphatic rings. The quantitative estimate of drug-likeness (QED) is 0.301. The Hall–Kier alpha value is -3.87. The van der Waals surface area contributed by atoms with Gasteiger partial charge < -0.3 is 20.3 Å². The van der Waals surface area contributed by atoms with Crippen molar-refractivity contribution < 1.29 is 19.1 Å². The van der Waals surface area contributed by atoms with Gasteiger partial charge in [-0.05, 0) is 75.4 Å². The van der Waals surface area contributed by atoms with Crippen LogP contribution in [-0.4, -0.2) is 40.0 Å². The number of nitrogens with zero attached hydrogens (tertiary/aromatic N) is 1. The summed E-state index contributed by atoms with van der Waals surface area (Å²) >= 11 is 0. The molecular weight excluding hydrogens is 502 g/mol. The van der Waals surface area contributed by atoms with Crippen LogP contribution in [0.1, 0.15) is 73.4 Å². The van der Waals surface area contributed by atoms with Crippen LogP contribution in [0.15, 0.2) is 72.8 Å². The van der Waals surface area contributed by atoms with Crippen LogP contribution in [0.2, 0.25) is 0 Å². The van der Waals surface area contributed by atoms with E-state index in [1.54, 1.807) is 25.7 Å². The number of hydrogen-bond donors (Lipinski definition) is 2. The molecule has 0 aromatic heterocycles. The van der Waals surface area contributed by atoms with Crippen molar-refractivity contribution in [2.75, 3.05) is 5.32 Å². The van der Waals surface area contributed by atoms with Crippen molar-refractivity contribution >= 4 is 34.4 Å². The molecule has 0 aliphatic carbocycles. The van der Waals surface area contributed by atoms with Gasteiger partial charge in [0.1, 0.15) is 17.7 Å². The summed E-state index contributed by atoms with van der Waals surface area (Å²) in [5, 5.41) is 7.91. The van der Waals surface area contributed by atoms with Gasteiger partial charge in [-0.1, -0.05) is 81.4 Å². The van der Waals surface area contributed by atoms with E-state index in [0.717, 1.165) is 10.8 Å². The first kappa shape index (κ1) is 30.7. The third-order valence-electron chi connectivity index (χ3n) is 7.00. The SMILES string of the molecule is CCC(C)(C)N(C(=O)C(NC(=O)OC(C)(C)C)C(C)C)C(C(=O)Nc1ccc2ccccc2c1)c1ccccc1. The molecule has 0 bridgehead atoms. The predicted molar refractivity (Wildman–Crippen MR) is 161 cm³/mol. The lowest BCUT2D eigenvalue weighted by Crippen LogP contribution is -2.60. The average molecular weight is 546 g/mol. The summed E-state index contributed by atoms with van der Waals surface area (Å²) in [6, 6.07) is 21.1. The molecular formula is C33H43N3O4. The van der Waals surface area contributed by atoms with E-state index >= 15 is 0 Å². The van der Waals surface area contributed by atoms with E-state index < -0.39 is 29.3 Å². The number of amides is 3. The highest BCUT2D eigenvalue weighted by molar-refractivity contribution is 6.00. The van der Waals surface area contributed by atoms with Gasteiger partial charge in [-0.3, -0.25) is 9.59 Å². The summed E-state index contributed by atoms with van der Waals surface area (Å²) in [5.41, 5.74) is -0.126. The highest BCUT2D eigenvalue weighted by Crippen LogP contribution is 2.34. The third kappa shape index (κ3) is 7.62. The van der Waals surface area contributed by atoms with Crippen molar-refractivity contribution in [2.24, 2.45) is 5.92 Å². The van der Waals surface area contributed by atoms with Gasteiger partial charge in [-0.25, -0.2) is 4.79 Å². The van der Waals surface area contributed by atoms with E-state index in [1.165, 1.54) is 0 Å². The van der Waals surface area contributed by atoms with Gasteiger partial charge in [0.05, 0.1) is 0 Å². The number of hydrogen-bond acceptors (Lipinski definition) is 4. The summed E-state index contributed by atoms with van der Waals surface area (Å²) in [7, 11) is 0. The van der Waals surface area contributed by atoms with Gasteiger partial charge in [0.25, 0.3) is 5.91 Å². The van der Waals surface area contributed by atoms with E-state index in [4.69, 9.17) is 4.74 Å². The summed E-state index contributed by atoms with van der Waals surface area (Å²) in [5.74, 6) is -0.943. The molecule has 7 heteroatoms. The minimum atomic E-state index is -0.947. The summed E-state index contributed by atoms with van der Waals surface area (Å²) < 4.78 is 5.47. The van der Waals surface area contributed by atoms with Gasteiger partial charge >= 0.3 is 6.09 Å². The number of anilines is 1. The maximum Gasteiger partial charge on any atom is 0.408 e. The van der Waals surface area contributed by atoms with Gasteiger partial charge in [0.15, 0.2) is 0 Å². The molecule has 0 spiro atoms. The minimum absolute atomic E-state index is 0.254. The van der Waals surface area contributed by atoms with Crippen molar-refractivity contribution in [2.45, 2.75) is 85.0 Å². The number of fused-ring (bicyclic) bond motifs is 1. The molecule has 0 radical (unpaired) electrons. The van der Waals surface area contributed by atoms with Crippen molar-refractivity contribution in [3.63, 3.8) is 0 Å². The molecule has 2 unspecified atom stereocenters. The summed E-state index contributed by atoms with van der Waals surface area (Å²) in [4.78, 5) is 42.9. The van der Waals surface area contributed by atoms with E-state index in [0.29, 0.717) is 17.7 Å². The third-order valence-corrected chi connectivity index (χ3v) is 7.00. The molecule has 0 saturated heterocycles. The van der Waals surface area contributed by atoms with Crippen molar-refractivity contribution in [3.05, 3.63) is 78.4 Å². The van der Waals surface area contributed by atoms with Crippen LogP contribution in [0.3, 0.4) is 0 Å². The van der Waals surface area contributed by atoms with Gasteiger partial charge in [-0.2, -0.15) is 0 Å². The maximum absolute atomic E-state index is 14.4. The Morgan fingerprint density at radius 1 is 0.850 bits per heavy atom. The molecule has 7 nitrogen and oxygen atoms in total. The van der Waals surface area contributed by atoms with Crippen LogP contribution in [0.4, 0.5) is 10.5 Å². The molecule has 0 fully saturated rings. The molecule has 2 atom stereocenters. The number of carbonyl (C=O) groups is 3. The van der Waals surface area contributed by atoms with Crippen LogP contribution in [0.5, 0.6) is 0 Å². The first-order valence-corrected chi connectivity index (χ1v) is 13.9. The molecule has 2 N–H and O–H groups in total. The highest BCUT2D eigenvalue weighted by atomic mass is 16.6. The van der Waals surface area contributed by atoms with Gasteiger partial charge in [0.2, 0.25) is 5.91 Å². The topological polar surface area (TPSA) is 87.7 Å². The second-order valence-electron chi connectivity index (χ2n) is 12.1. The fourth-order valence-corrected chi connectivity index (χ4v) is 4.57. The Balaban J connectivity index is 2.06. The zero-order chi connectivity index (χ0) is 29.7. The number of rotatable bonds is 9. The van der Waals surface area contributed by atoms with Crippen LogP contribution >= 0.6 is 0 Å². The molecule has 0 heterocycles. The van der Waals surface area contributed by atoms with Crippen LogP contribution in [0.25, 0.3) is 10.8 Å². The zero-order valence-electron chi connectivity index (χ0n) is 24.9. The molecule has 214 valence electrons. The van der Waals surface area contributed by atoms with Gasteiger partial charge in [0, 0.05) is 11.2 Å². The molecule has 3 rings (SSSR count). The fraction of sp³-hybridized carbons (Fsp3) is 0.424. The number of carbonyl (C=O) groups excluding carboxylic acids is 3. The van der Waals surface area contributed by atoms with E-state index in [2.05, 4.69) is 10.6 Å². The first-order chi connectivity index (χ1) is 18.7. The molecule has 0 saturated carbocycles. The Morgan fingerprint density at radius 3 is 2.02 bits per heavy atom. The molecule has 0 aliphatic heterocycles. The van der Waals surface area contributed by atoms with Crippen LogP contribution < -0.4 is 10.6 Å². The Kier molecular flexibility index (Phi) is 9.61. The van der Waals surface area contributed by atoms with Crippen molar-refractivity contribution in [1.29, 1.82) is 0 Å². The smallest absolute Gasteiger partial charge is 0.408 e. The number of alkyl carbamates (subject to hydrolysis) is 1. The average Bonchev–Trinajstić information content (AvgIpc) is 2.89. The molecule has 3 aromatic carbocycles. The lowest BCUT2D eigenvalue weighted by Gasteiger charge is -2.45. The first-order valence-electron chi connectivity index (χ1n) is 13.9. The zero-order valence-corrected chi connectivity index (χ0v) is 24.9. The maximum atomic E-state index is 14.4. The van der Waals surface area contributed by atoms with Crippen LogP contribution in [-0.2, 0) is 14.3 Å². The molecule has 3 amide bonds. The Morgan fingerprint density at radius 2 is 1.45 bits per heavy atom. The number of ether oxygens (including phenoxy) is 1. The lowest BCUT2D eigenvalue weighted by molar-refractivity contribution is -0.148. The Labute approximate surface area is 238 Å². The van der Waals surface area contributed by atoms with Crippen molar-refractivity contribution in [3.8, 4) is 0 Å². The number of benzene rings is 3. The molecule has 3 aromatic rings. The van der Waals surface area contributed by atoms with Crippen molar-refractivity contribution in [1.82, 2.24) is 10.2 Å². The van der Waals surface area contributed by atoms with E-state index in [1.807, 2.05) is 107 Å². The van der Waals surface area contributed by atoms with Gasteiger partial charge in [-0.15, -0.1) is 0 Å². The highest BCUT2D eigenvalue weighted by Gasteiger charge is 2.43. The monoisotopic (exact) mass is 545 g/mol. The second-order valence-corrected chi connectivity index (χ2v) is 12.1. The summed E-state index contributed by atoms with van der Waals surface area (Å²) in [6.45, 7) is 14.9. The minimum Gasteiger partial charge on any atom is -0.444 e. The Bertz CT molecular complexity index is 1330. The molecule has 40 heavy (non-hydrogen) atoms. The second kappa shape index (κ2) is 12.5. The van der Waals surface area contributed by atoms with E-state index in [-0.39, 0.29) is 17.7 Å². The lowest BCUT2D eigenvalue weighted by atomic mass is 9.90.